The quantitative estimate of drug-likeness (QED) is 0.274. The molecular weight excluding hydrogens is 564 g/mol. The predicted molar refractivity (Wildman–Crippen MR) is 160 cm³/mol. The largest absolute Gasteiger partial charge is 0.467 e. The molecule has 2 N–H and O–H groups in total. The molecule has 44 heavy (non-hydrogen) atoms. The third kappa shape index (κ3) is 5.16. The van der Waals surface area contributed by atoms with Crippen LogP contribution in [0.3, 0.4) is 0 Å². The minimum Gasteiger partial charge on any atom is -0.467 e. The first-order chi connectivity index (χ1) is 21.2. The van der Waals surface area contributed by atoms with Gasteiger partial charge in [-0.25, -0.2) is 19.7 Å². The van der Waals surface area contributed by atoms with Gasteiger partial charge in [0.05, 0.1) is 24.5 Å². The second-order valence-electron chi connectivity index (χ2n) is 11.6. The van der Waals surface area contributed by atoms with Crippen molar-refractivity contribution in [3.63, 3.8) is 0 Å². The number of imide groups is 1. The zero-order chi connectivity index (χ0) is 30.7. The number of urea groups is 1. The smallest absolute Gasteiger partial charge is 0.331 e. The van der Waals surface area contributed by atoms with Crippen LogP contribution in [0.25, 0.3) is 5.65 Å². The molecule has 1 aliphatic heterocycles. The van der Waals surface area contributed by atoms with E-state index in [1.54, 1.807) is 12.3 Å². The van der Waals surface area contributed by atoms with E-state index in [1.807, 2.05) is 42.8 Å². The number of nitrogens with one attached hydrogen (secondary N) is 2. The minimum absolute atomic E-state index is 0.0222. The van der Waals surface area contributed by atoms with Gasteiger partial charge in [0.2, 0.25) is 11.8 Å². The summed E-state index contributed by atoms with van der Waals surface area (Å²) in [5.74, 6) is 1.17. The van der Waals surface area contributed by atoms with Crippen molar-refractivity contribution in [3.8, 4) is 6.01 Å². The van der Waals surface area contributed by atoms with Crippen LogP contribution in [0.5, 0.6) is 6.01 Å². The van der Waals surface area contributed by atoms with Crippen molar-refractivity contribution in [2.75, 3.05) is 36.2 Å². The van der Waals surface area contributed by atoms with Gasteiger partial charge >= 0.3 is 12.0 Å². The molecule has 7 rings (SSSR count). The highest BCUT2D eigenvalue weighted by atomic mass is 16.5. The number of imidazole rings is 1. The van der Waals surface area contributed by atoms with Crippen LogP contribution < -0.4 is 20.3 Å². The summed E-state index contributed by atoms with van der Waals surface area (Å²) in [5.41, 5.74) is 3.87. The monoisotopic (exact) mass is 596 g/mol. The summed E-state index contributed by atoms with van der Waals surface area (Å²) in [5, 5.41) is 6.22. The van der Waals surface area contributed by atoms with Crippen LogP contribution in [0, 0.1) is 12.8 Å². The molecule has 0 bridgehead atoms. The molecule has 3 atom stereocenters. The molecule has 0 spiro atoms. The normalized spacial score (nSPS) is 20.3. The Morgan fingerprint density at radius 3 is 2.59 bits per heavy atom. The van der Waals surface area contributed by atoms with Gasteiger partial charge in [0.25, 0.3) is 0 Å². The third-order valence-corrected chi connectivity index (χ3v) is 8.32. The highest BCUT2D eigenvalue weighted by molar-refractivity contribution is 6.13. The average Bonchev–Trinajstić information content (AvgIpc) is 3.93. The van der Waals surface area contributed by atoms with E-state index < -0.39 is 0 Å². The molecule has 0 unspecified atom stereocenters. The fraction of sp³-hybridized carbons (Fsp3) is 0.400. The van der Waals surface area contributed by atoms with Crippen LogP contribution in [0.1, 0.15) is 66.8 Å². The molecule has 4 aromatic heterocycles. The fourth-order valence-corrected chi connectivity index (χ4v) is 5.54. The van der Waals surface area contributed by atoms with Crippen molar-refractivity contribution in [1.29, 1.82) is 0 Å². The lowest BCUT2D eigenvalue weighted by Crippen LogP contribution is -2.30. The number of aryl methyl sites for hydroxylation is 1. The molecule has 226 valence electrons. The molecule has 14 nitrogen and oxygen atoms in total. The number of anilines is 3. The van der Waals surface area contributed by atoms with Gasteiger partial charge in [-0.05, 0) is 56.7 Å². The van der Waals surface area contributed by atoms with Crippen LogP contribution >= 0.6 is 0 Å². The number of fused-ring (bicyclic) bond motifs is 1. The zero-order valence-electron chi connectivity index (χ0n) is 24.8. The third-order valence-electron chi connectivity index (χ3n) is 8.32. The van der Waals surface area contributed by atoms with Gasteiger partial charge < -0.3 is 19.8 Å². The Morgan fingerprint density at radius 2 is 1.89 bits per heavy atom. The van der Waals surface area contributed by atoms with Crippen LogP contribution in [-0.4, -0.2) is 72.8 Å². The van der Waals surface area contributed by atoms with Crippen LogP contribution in [0.15, 0.2) is 36.8 Å². The zero-order valence-corrected chi connectivity index (χ0v) is 24.8. The number of carbonyl (C=O) groups excluding carboxylic acids is 3. The van der Waals surface area contributed by atoms with Gasteiger partial charge in [0, 0.05) is 49.2 Å². The number of pyridine rings is 1. The van der Waals surface area contributed by atoms with Crippen LogP contribution in [-0.2, 0) is 9.59 Å². The highest BCUT2D eigenvalue weighted by Crippen LogP contribution is 2.46. The first-order valence-corrected chi connectivity index (χ1v) is 14.6. The van der Waals surface area contributed by atoms with Gasteiger partial charge in [-0.2, -0.15) is 9.97 Å². The SMILES string of the molecule is COc1nc(NC(=O)[C@H]2C[C@@H]2c2nccc(C)n2)cc(N[C@H](C)c2cn3cc(C4CC4)cc(N4CC(=O)N(C)C4=O)c3n2)n1. The van der Waals surface area contributed by atoms with E-state index >= 15 is 0 Å². The number of ether oxygens (including phenoxy) is 1. The summed E-state index contributed by atoms with van der Waals surface area (Å²) in [6.07, 6.45) is 8.52. The van der Waals surface area contributed by atoms with Gasteiger partial charge in [-0.1, -0.05) is 0 Å². The molecule has 3 fully saturated rings. The molecule has 0 aromatic carbocycles. The summed E-state index contributed by atoms with van der Waals surface area (Å²) in [7, 11) is 2.95. The highest BCUT2D eigenvalue weighted by Gasteiger charge is 2.46. The molecule has 4 amide bonds. The lowest BCUT2D eigenvalue weighted by molar-refractivity contribution is -0.124. The predicted octanol–water partition coefficient (Wildman–Crippen LogP) is 3.42. The number of carbonyl (C=O) groups is 3. The Kier molecular flexibility index (Phi) is 6.63. The number of aromatic nitrogens is 6. The number of nitrogens with zero attached hydrogens (tertiary/aromatic N) is 8. The maximum absolute atomic E-state index is 13.0. The second-order valence-corrected chi connectivity index (χ2v) is 11.6. The molecule has 2 saturated carbocycles. The number of rotatable bonds is 9. The van der Waals surface area contributed by atoms with Crippen molar-refractivity contribution in [3.05, 3.63) is 59.6 Å². The number of amides is 4. The molecule has 4 aromatic rings. The number of likely N-dealkylation sites (N-methyl/N-ethyl adjacent to an activating group) is 1. The maximum Gasteiger partial charge on any atom is 0.331 e. The van der Waals surface area contributed by atoms with E-state index in [2.05, 4.69) is 30.6 Å². The molecule has 0 radical (unpaired) electrons. The second kappa shape index (κ2) is 10.5. The Balaban J connectivity index is 1.11. The van der Waals surface area contributed by atoms with Gasteiger partial charge in [0.1, 0.15) is 24.0 Å². The average molecular weight is 597 g/mol. The van der Waals surface area contributed by atoms with Crippen LogP contribution in [0.4, 0.5) is 22.1 Å². The summed E-state index contributed by atoms with van der Waals surface area (Å²) in [4.78, 5) is 63.2. The lowest BCUT2D eigenvalue weighted by atomic mass is 10.1. The van der Waals surface area contributed by atoms with Crippen LogP contribution in [0.2, 0.25) is 0 Å². The van der Waals surface area contributed by atoms with E-state index in [0.29, 0.717) is 46.8 Å². The van der Waals surface area contributed by atoms with E-state index in [1.165, 1.54) is 19.1 Å². The van der Waals surface area contributed by atoms with Crippen molar-refractivity contribution < 1.29 is 19.1 Å². The molecule has 5 heterocycles. The summed E-state index contributed by atoms with van der Waals surface area (Å²) in [6, 6.07) is 4.86. The van der Waals surface area contributed by atoms with Crippen molar-refractivity contribution in [2.24, 2.45) is 5.92 Å². The van der Waals surface area contributed by atoms with Crippen molar-refractivity contribution >= 4 is 40.8 Å². The Hall–Kier alpha value is -5.14. The van der Waals surface area contributed by atoms with Gasteiger partial charge in [-0.3, -0.25) is 19.4 Å². The Morgan fingerprint density at radius 1 is 1.09 bits per heavy atom. The minimum atomic E-state index is -0.368. The van der Waals surface area contributed by atoms with E-state index in [9.17, 15) is 14.4 Å². The van der Waals surface area contributed by atoms with E-state index in [-0.39, 0.29) is 48.3 Å². The first-order valence-electron chi connectivity index (χ1n) is 14.6. The standard InChI is InChI=1S/C30H32N10O4/c1-15-7-8-31-26(32-15)19-10-20(19)28(42)35-24-11-23(36-29(37-24)44-4)33-16(2)21-13-39-12-18(17-5-6-17)9-22(27(39)34-21)40-14-25(41)38(3)30(40)43/h7-9,11-13,16-17,19-20H,5-6,10,14H2,1-4H3,(H2,33,35,36,37,42)/t16-,19+,20+/m1/s1. The molecular formula is C30H32N10O4. The molecule has 1 saturated heterocycles. The van der Waals surface area contributed by atoms with E-state index in [0.717, 1.165) is 29.0 Å². The van der Waals surface area contributed by atoms with Crippen molar-refractivity contribution in [1.82, 2.24) is 34.2 Å². The molecule has 14 heteroatoms. The van der Waals surface area contributed by atoms with Gasteiger partial charge in [-0.15, -0.1) is 0 Å². The number of hydrogen-bond donors (Lipinski definition) is 2. The Labute approximate surface area is 252 Å². The maximum atomic E-state index is 13.0. The fourth-order valence-electron chi connectivity index (χ4n) is 5.54. The molecule has 3 aliphatic rings. The van der Waals surface area contributed by atoms with Gasteiger partial charge in [0.15, 0.2) is 5.65 Å². The van der Waals surface area contributed by atoms with Crippen molar-refractivity contribution in [2.45, 2.75) is 51.0 Å². The van der Waals surface area contributed by atoms with E-state index in [4.69, 9.17) is 9.72 Å². The summed E-state index contributed by atoms with van der Waals surface area (Å²) < 4.78 is 7.23. The number of methoxy groups -OCH3 is 1. The topological polar surface area (TPSA) is 160 Å². The molecule has 2 aliphatic carbocycles. The summed E-state index contributed by atoms with van der Waals surface area (Å²) >= 11 is 0. The first kappa shape index (κ1) is 27.7. The Bertz CT molecular complexity index is 1820. The summed E-state index contributed by atoms with van der Waals surface area (Å²) in [6.45, 7) is 3.81. The lowest BCUT2D eigenvalue weighted by Gasteiger charge is -2.17. The number of hydrogen-bond acceptors (Lipinski definition) is 10.